The molecule has 0 aliphatic heterocycles. The number of aryl methyl sites for hydroxylation is 1. The normalized spacial score (nSPS) is 10.1. The first kappa shape index (κ1) is 13.1. The molecule has 0 atom stereocenters. The van der Waals surface area contributed by atoms with E-state index in [-0.39, 0.29) is 0 Å². The van der Waals surface area contributed by atoms with Crippen LogP contribution in [0.5, 0.6) is 5.75 Å². The van der Waals surface area contributed by atoms with Crippen LogP contribution in [-0.4, -0.2) is 19.7 Å². The predicted octanol–water partition coefficient (Wildman–Crippen LogP) is 3.06. The van der Waals surface area contributed by atoms with Crippen LogP contribution in [0.15, 0.2) is 30.9 Å². The van der Waals surface area contributed by atoms with Gasteiger partial charge in [0.25, 0.3) is 0 Å². The second-order valence-corrected chi connectivity index (χ2v) is 3.86. The van der Waals surface area contributed by atoms with Gasteiger partial charge in [-0.15, -0.1) is 6.58 Å². The third-order valence-electron chi connectivity index (χ3n) is 2.23. The molecule has 0 amide bonds. The van der Waals surface area contributed by atoms with Crippen LogP contribution in [-0.2, 0) is 6.42 Å². The van der Waals surface area contributed by atoms with E-state index in [1.54, 1.807) is 0 Å². The van der Waals surface area contributed by atoms with Gasteiger partial charge in [0.05, 0.1) is 0 Å². The molecule has 0 saturated carbocycles. The summed E-state index contributed by atoms with van der Waals surface area (Å²) in [7, 11) is 0. The summed E-state index contributed by atoms with van der Waals surface area (Å²) in [6, 6.07) is 5.78. The highest BCUT2D eigenvalue weighted by Crippen LogP contribution is 2.22. The fraction of sp³-hybridized carbons (Fsp3) is 0.385. The molecule has 0 spiro atoms. The van der Waals surface area contributed by atoms with Crippen molar-refractivity contribution in [1.82, 2.24) is 5.32 Å². The molecule has 0 aromatic heterocycles. The van der Waals surface area contributed by atoms with Gasteiger partial charge in [-0.05, 0) is 30.2 Å². The van der Waals surface area contributed by atoms with Crippen molar-refractivity contribution in [2.45, 2.75) is 13.3 Å². The number of hydrogen-bond donors (Lipinski definition) is 1. The zero-order chi connectivity index (χ0) is 11.8. The summed E-state index contributed by atoms with van der Waals surface area (Å²) in [5, 5.41) is 3.98. The second-order valence-electron chi connectivity index (χ2n) is 3.45. The Bertz CT molecular complexity index is 339. The molecule has 0 heterocycles. The van der Waals surface area contributed by atoms with Crippen LogP contribution in [0.2, 0.25) is 5.02 Å². The summed E-state index contributed by atoms with van der Waals surface area (Å²) in [4.78, 5) is 0. The number of nitrogens with one attached hydrogen (secondary N) is 1. The molecule has 88 valence electrons. The first-order valence-corrected chi connectivity index (χ1v) is 5.88. The van der Waals surface area contributed by atoms with Crippen molar-refractivity contribution in [3.05, 3.63) is 41.4 Å². The Balaban J connectivity index is 2.39. The molecule has 1 rings (SSSR count). The predicted molar refractivity (Wildman–Crippen MR) is 69.4 cm³/mol. The van der Waals surface area contributed by atoms with E-state index in [1.165, 1.54) is 0 Å². The molecule has 1 aromatic rings. The van der Waals surface area contributed by atoms with Gasteiger partial charge in [-0.2, -0.15) is 0 Å². The van der Waals surface area contributed by atoms with Gasteiger partial charge in [0.2, 0.25) is 0 Å². The van der Waals surface area contributed by atoms with Crippen molar-refractivity contribution in [2.24, 2.45) is 0 Å². The summed E-state index contributed by atoms with van der Waals surface area (Å²) in [6.07, 6.45) is 2.75. The minimum atomic E-state index is 0.651. The van der Waals surface area contributed by atoms with Gasteiger partial charge in [-0.1, -0.05) is 24.6 Å². The van der Waals surface area contributed by atoms with Crippen LogP contribution in [0.4, 0.5) is 0 Å². The van der Waals surface area contributed by atoms with Crippen LogP contribution in [0.1, 0.15) is 12.5 Å². The fourth-order valence-corrected chi connectivity index (χ4v) is 1.61. The topological polar surface area (TPSA) is 21.3 Å². The highest BCUT2D eigenvalue weighted by molar-refractivity contribution is 6.31. The quantitative estimate of drug-likeness (QED) is 0.583. The highest BCUT2D eigenvalue weighted by Gasteiger charge is 2.00. The summed E-state index contributed by atoms with van der Waals surface area (Å²) >= 11 is 6.02. The Hall–Kier alpha value is -0.990. The van der Waals surface area contributed by atoms with Crippen LogP contribution < -0.4 is 10.1 Å². The van der Waals surface area contributed by atoms with E-state index >= 15 is 0 Å². The van der Waals surface area contributed by atoms with Crippen LogP contribution in [0.25, 0.3) is 0 Å². The third-order valence-corrected chi connectivity index (χ3v) is 2.60. The molecule has 0 saturated heterocycles. The van der Waals surface area contributed by atoms with Gasteiger partial charge in [-0.25, -0.2) is 0 Å². The maximum absolute atomic E-state index is 6.02. The molecule has 0 radical (unpaired) electrons. The standard InChI is InChI=1S/C13H18ClNO/c1-3-7-15-8-9-16-12-5-6-13(14)11(4-2)10-12/h3,5-6,10,15H,1,4,7-9H2,2H3. The van der Waals surface area contributed by atoms with E-state index in [4.69, 9.17) is 16.3 Å². The molecule has 1 aromatic carbocycles. The van der Waals surface area contributed by atoms with Gasteiger partial charge in [0.15, 0.2) is 0 Å². The third kappa shape index (κ3) is 4.25. The molecule has 0 fully saturated rings. The minimum Gasteiger partial charge on any atom is -0.492 e. The number of halogens is 1. The number of ether oxygens (including phenoxy) is 1. The Morgan fingerprint density at radius 2 is 2.31 bits per heavy atom. The number of hydrogen-bond acceptors (Lipinski definition) is 2. The van der Waals surface area contributed by atoms with E-state index < -0.39 is 0 Å². The Morgan fingerprint density at radius 1 is 1.50 bits per heavy atom. The number of rotatable bonds is 7. The SMILES string of the molecule is C=CCNCCOc1ccc(Cl)c(CC)c1. The second kappa shape index (κ2) is 7.31. The summed E-state index contributed by atoms with van der Waals surface area (Å²) in [5.74, 6) is 0.877. The molecule has 0 aliphatic carbocycles. The zero-order valence-electron chi connectivity index (χ0n) is 9.63. The van der Waals surface area contributed by atoms with Crippen LogP contribution in [0.3, 0.4) is 0 Å². The van der Waals surface area contributed by atoms with Gasteiger partial charge < -0.3 is 10.1 Å². The number of benzene rings is 1. The van der Waals surface area contributed by atoms with Crippen molar-refractivity contribution in [3.8, 4) is 5.75 Å². The fourth-order valence-electron chi connectivity index (χ4n) is 1.36. The summed E-state index contributed by atoms with van der Waals surface area (Å²) in [5.41, 5.74) is 1.12. The van der Waals surface area contributed by atoms with E-state index in [0.29, 0.717) is 6.61 Å². The van der Waals surface area contributed by atoms with Crippen LogP contribution in [0, 0.1) is 0 Å². The van der Waals surface area contributed by atoms with Gasteiger partial charge in [0.1, 0.15) is 12.4 Å². The molecule has 16 heavy (non-hydrogen) atoms. The summed E-state index contributed by atoms with van der Waals surface area (Å²) < 4.78 is 5.59. The minimum absolute atomic E-state index is 0.651. The Kier molecular flexibility index (Phi) is 5.98. The van der Waals surface area contributed by atoms with Crippen molar-refractivity contribution in [2.75, 3.05) is 19.7 Å². The van der Waals surface area contributed by atoms with Crippen molar-refractivity contribution >= 4 is 11.6 Å². The maximum Gasteiger partial charge on any atom is 0.119 e. The monoisotopic (exact) mass is 239 g/mol. The lowest BCUT2D eigenvalue weighted by Crippen LogP contribution is -2.20. The smallest absolute Gasteiger partial charge is 0.119 e. The van der Waals surface area contributed by atoms with Gasteiger partial charge >= 0.3 is 0 Å². The molecule has 1 N–H and O–H groups in total. The van der Waals surface area contributed by atoms with Crippen LogP contribution >= 0.6 is 11.6 Å². The Morgan fingerprint density at radius 3 is 3.00 bits per heavy atom. The maximum atomic E-state index is 6.02. The van der Waals surface area contributed by atoms with Gasteiger partial charge in [-0.3, -0.25) is 0 Å². The average molecular weight is 240 g/mol. The van der Waals surface area contributed by atoms with E-state index in [1.807, 2.05) is 24.3 Å². The largest absolute Gasteiger partial charge is 0.492 e. The zero-order valence-corrected chi connectivity index (χ0v) is 10.4. The van der Waals surface area contributed by atoms with E-state index in [2.05, 4.69) is 18.8 Å². The lowest BCUT2D eigenvalue weighted by Gasteiger charge is -2.08. The van der Waals surface area contributed by atoms with Crippen molar-refractivity contribution in [3.63, 3.8) is 0 Å². The lowest BCUT2D eigenvalue weighted by molar-refractivity contribution is 0.316. The van der Waals surface area contributed by atoms with Crippen molar-refractivity contribution in [1.29, 1.82) is 0 Å². The highest BCUT2D eigenvalue weighted by atomic mass is 35.5. The summed E-state index contributed by atoms with van der Waals surface area (Å²) in [6.45, 7) is 7.99. The van der Waals surface area contributed by atoms with Crippen molar-refractivity contribution < 1.29 is 4.74 Å². The molecule has 2 nitrogen and oxygen atoms in total. The average Bonchev–Trinajstić information content (AvgIpc) is 2.31. The van der Waals surface area contributed by atoms with Gasteiger partial charge in [0, 0.05) is 18.1 Å². The molecule has 3 heteroatoms. The molecule has 0 unspecified atom stereocenters. The molecule has 0 bridgehead atoms. The molecular formula is C13H18ClNO. The van der Waals surface area contributed by atoms with E-state index in [0.717, 1.165) is 35.8 Å². The first-order chi connectivity index (χ1) is 7.77. The Labute approximate surface area is 102 Å². The lowest BCUT2D eigenvalue weighted by atomic mass is 10.1. The first-order valence-electron chi connectivity index (χ1n) is 5.50. The molecule has 0 aliphatic rings. The molecular weight excluding hydrogens is 222 g/mol. The van der Waals surface area contributed by atoms with E-state index in [9.17, 15) is 0 Å².